The molecule has 8 nitrogen and oxygen atoms in total. The third kappa shape index (κ3) is 1.84. The van der Waals surface area contributed by atoms with Gasteiger partial charge in [-0.2, -0.15) is 5.10 Å². The van der Waals surface area contributed by atoms with Crippen LogP contribution in [-0.2, 0) is 9.84 Å². The molecule has 3 aromatic heterocycles. The van der Waals surface area contributed by atoms with Gasteiger partial charge in [0.25, 0.3) is 21.0 Å². The summed E-state index contributed by atoms with van der Waals surface area (Å²) in [5, 5.41) is 4.81. The molecule has 0 aliphatic rings. The van der Waals surface area contributed by atoms with E-state index in [1.807, 2.05) is 5.10 Å². The second kappa shape index (κ2) is 4.17. The number of aromatic nitrogens is 3. The Bertz CT molecular complexity index is 992. The number of nitrogens with zero attached hydrogens (tertiary/aromatic N) is 1. The molecule has 0 radical (unpaired) electrons. The van der Waals surface area contributed by atoms with E-state index in [0.717, 1.165) is 18.2 Å². The van der Waals surface area contributed by atoms with Crippen LogP contribution in [0.1, 0.15) is 0 Å². The number of nitrogens with one attached hydrogen (secondary N) is 2. The lowest BCUT2D eigenvalue weighted by Crippen LogP contribution is -2.11. The highest BCUT2D eigenvalue weighted by Gasteiger charge is 2.24. The number of fused-ring (bicyclic) bond motifs is 1. The molecule has 0 amide bonds. The van der Waals surface area contributed by atoms with Crippen LogP contribution in [0.3, 0.4) is 0 Å². The maximum Gasteiger partial charge on any atom is 0.264 e. The summed E-state index contributed by atoms with van der Waals surface area (Å²) in [7, 11) is -4.04. The number of furan rings is 1. The van der Waals surface area contributed by atoms with Gasteiger partial charge in [-0.25, -0.2) is 13.5 Å². The first-order chi connectivity index (χ1) is 9.48. The minimum absolute atomic E-state index is 0.121. The van der Waals surface area contributed by atoms with E-state index in [0.29, 0.717) is 0 Å². The Morgan fingerprint density at radius 2 is 1.95 bits per heavy atom. The Labute approximate surface area is 111 Å². The van der Waals surface area contributed by atoms with Gasteiger partial charge in [-0.1, -0.05) is 0 Å². The van der Waals surface area contributed by atoms with E-state index >= 15 is 0 Å². The van der Waals surface area contributed by atoms with Crippen molar-refractivity contribution in [2.24, 2.45) is 0 Å². The van der Waals surface area contributed by atoms with E-state index in [4.69, 9.17) is 4.42 Å². The molecule has 0 unspecified atom stereocenters. The summed E-state index contributed by atoms with van der Waals surface area (Å²) in [6.07, 6.45) is 1.35. The van der Waals surface area contributed by atoms with E-state index in [1.54, 1.807) is 0 Å². The zero-order valence-corrected chi connectivity index (χ0v) is 10.6. The van der Waals surface area contributed by atoms with Crippen LogP contribution >= 0.6 is 0 Å². The Morgan fingerprint density at radius 1 is 1.15 bits per heavy atom. The normalized spacial score (nSPS) is 11.8. The van der Waals surface area contributed by atoms with Crippen LogP contribution in [0.15, 0.2) is 54.6 Å². The Morgan fingerprint density at radius 3 is 2.60 bits per heavy atom. The van der Waals surface area contributed by atoms with Crippen molar-refractivity contribution in [3.63, 3.8) is 0 Å². The standard InChI is InChI=1S/C11H7N3O5S/c15-8-1-2-9(14-13-8)20(17,18)10-5-6-7(19-10)3-4-12-11(6)16/h1-5H,(H,12,16)(H,13,15). The first kappa shape index (κ1) is 12.4. The van der Waals surface area contributed by atoms with Crippen molar-refractivity contribution in [2.45, 2.75) is 10.1 Å². The van der Waals surface area contributed by atoms with Crippen molar-refractivity contribution >= 4 is 20.8 Å². The Kier molecular flexibility index (Phi) is 2.57. The lowest BCUT2D eigenvalue weighted by atomic mass is 10.3. The van der Waals surface area contributed by atoms with Crippen LogP contribution in [0.2, 0.25) is 0 Å². The molecule has 0 aromatic carbocycles. The highest BCUT2D eigenvalue weighted by Crippen LogP contribution is 2.23. The average Bonchev–Trinajstić information content (AvgIpc) is 2.85. The summed E-state index contributed by atoms with van der Waals surface area (Å²) in [5.41, 5.74) is -0.830. The molecular weight excluding hydrogens is 286 g/mol. The van der Waals surface area contributed by atoms with Crippen LogP contribution in [0.4, 0.5) is 0 Å². The van der Waals surface area contributed by atoms with Gasteiger partial charge in [0.05, 0.1) is 5.39 Å². The first-order valence-electron chi connectivity index (χ1n) is 5.40. The van der Waals surface area contributed by atoms with Crippen molar-refractivity contribution in [3.05, 3.63) is 51.2 Å². The van der Waals surface area contributed by atoms with Gasteiger partial charge in [0.15, 0.2) is 5.03 Å². The highest BCUT2D eigenvalue weighted by atomic mass is 32.2. The third-order valence-electron chi connectivity index (χ3n) is 2.63. The Hall–Kier alpha value is -2.68. The molecule has 20 heavy (non-hydrogen) atoms. The molecule has 0 fully saturated rings. The molecular formula is C11H7N3O5S. The predicted molar refractivity (Wildman–Crippen MR) is 67.1 cm³/mol. The van der Waals surface area contributed by atoms with Crippen molar-refractivity contribution < 1.29 is 12.8 Å². The van der Waals surface area contributed by atoms with Gasteiger partial charge >= 0.3 is 0 Å². The SMILES string of the molecule is O=c1ccc(S(=O)(=O)c2cc3c(=O)[nH]ccc3o2)n[nH]1. The average molecular weight is 293 g/mol. The fraction of sp³-hybridized carbons (Fsp3) is 0. The van der Waals surface area contributed by atoms with Crippen LogP contribution < -0.4 is 11.1 Å². The topological polar surface area (TPSA) is 126 Å². The number of H-pyrrole nitrogens is 2. The van der Waals surface area contributed by atoms with E-state index in [1.165, 1.54) is 12.3 Å². The Balaban J connectivity index is 2.24. The number of hydrogen-bond donors (Lipinski definition) is 2. The van der Waals surface area contributed by atoms with Gasteiger partial charge in [0, 0.05) is 18.3 Å². The van der Waals surface area contributed by atoms with E-state index in [2.05, 4.69) is 10.1 Å². The van der Waals surface area contributed by atoms with Crippen LogP contribution in [0, 0.1) is 0 Å². The molecule has 0 saturated heterocycles. The maximum atomic E-state index is 12.2. The van der Waals surface area contributed by atoms with Crippen LogP contribution in [0.25, 0.3) is 11.0 Å². The van der Waals surface area contributed by atoms with Crippen molar-refractivity contribution in [1.29, 1.82) is 0 Å². The van der Waals surface area contributed by atoms with E-state index in [-0.39, 0.29) is 16.0 Å². The van der Waals surface area contributed by atoms with Gasteiger partial charge in [-0.05, 0) is 12.1 Å². The monoisotopic (exact) mass is 293 g/mol. The maximum absolute atomic E-state index is 12.2. The van der Waals surface area contributed by atoms with Crippen molar-refractivity contribution in [2.75, 3.05) is 0 Å². The molecule has 102 valence electrons. The van der Waals surface area contributed by atoms with Crippen LogP contribution in [0.5, 0.6) is 0 Å². The fourth-order valence-electron chi connectivity index (χ4n) is 1.67. The molecule has 3 heterocycles. The summed E-state index contributed by atoms with van der Waals surface area (Å²) < 4.78 is 29.6. The molecule has 0 spiro atoms. The third-order valence-corrected chi connectivity index (χ3v) is 4.13. The molecule has 0 saturated carbocycles. The molecule has 0 atom stereocenters. The van der Waals surface area contributed by atoms with Gasteiger partial charge in [-0.15, -0.1) is 0 Å². The molecule has 0 aliphatic heterocycles. The van der Waals surface area contributed by atoms with Crippen molar-refractivity contribution in [3.8, 4) is 0 Å². The lowest BCUT2D eigenvalue weighted by Gasteiger charge is -1.97. The quantitative estimate of drug-likeness (QED) is 0.686. The number of pyridine rings is 1. The van der Waals surface area contributed by atoms with Crippen LogP contribution in [-0.4, -0.2) is 23.6 Å². The second-order valence-corrected chi connectivity index (χ2v) is 5.74. The number of sulfone groups is 1. The molecule has 0 aliphatic carbocycles. The predicted octanol–water partition coefficient (Wildman–Crippen LogP) is 0.0372. The first-order valence-corrected chi connectivity index (χ1v) is 6.89. The fourth-order valence-corrected chi connectivity index (χ4v) is 2.76. The molecule has 3 rings (SSSR count). The zero-order chi connectivity index (χ0) is 14.3. The molecule has 9 heteroatoms. The summed E-state index contributed by atoms with van der Waals surface area (Å²) in [5.74, 6) is 0. The highest BCUT2D eigenvalue weighted by molar-refractivity contribution is 7.91. The number of hydrogen-bond acceptors (Lipinski definition) is 6. The molecule has 2 N–H and O–H groups in total. The van der Waals surface area contributed by atoms with Crippen molar-refractivity contribution in [1.82, 2.24) is 15.2 Å². The summed E-state index contributed by atoms with van der Waals surface area (Å²) in [6.45, 7) is 0. The smallest absolute Gasteiger partial charge is 0.264 e. The minimum atomic E-state index is -4.04. The minimum Gasteiger partial charge on any atom is -0.444 e. The second-order valence-electron chi connectivity index (χ2n) is 3.91. The summed E-state index contributed by atoms with van der Waals surface area (Å²) in [4.78, 5) is 24.8. The van der Waals surface area contributed by atoms with Gasteiger partial charge in [-0.3, -0.25) is 9.59 Å². The summed E-state index contributed by atoms with van der Waals surface area (Å²) in [6, 6.07) is 4.66. The zero-order valence-electron chi connectivity index (χ0n) is 9.78. The van der Waals surface area contributed by atoms with Gasteiger partial charge < -0.3 is 9.40 Å². The largest absolute Gasteiger partial charge is 0.444 e. The lowest BCUT2D eigenvalue weighted by molar-refractivity contribution is 0.479. The molecule has 3 aromatic rings. The van der Waals surface area contributed by atoms with E-state index < -0.39 is 26.0 Å². The molecule has 0 bridgehead atoms. The summed E-state index contributed by atoms with van der Waals surface area (Å²) >= 11 is 0. The number of rotatable bonds is 2. The van der Waals surface area contributed by atoms with Gasteiger partial charge in [0.2, 0.25) is 5.09 Å². The van der Waals surface area contributed by atoms with E-state index in [9.17, 15) is 18.0 Å². The number of aromatic amines is 2. The van der Waals surface area contributed by atoms with Gasteiger partial charge in [0.1, 0.15) is 5.58 Å².